The quantitative estimate of drug-likeness (QED) is 0.789. The first-order valence-electron chi connectivity index (χ1n) is 7.54. The normalized spacial score (nSPS) is 16.1. The minimum atomic E-state index is 0.179. The Bertz CT molecular complexity index is 394. The number of nitrogens with zero attached hydrogens (tertiary/aromatic N) is 1. The highest BCUT2D eigenvalue weighted by Crippen LogP contribution is 2.29. The van der Waals surface area contributed by atoms with Crippen molar-refractivity contribution in [2.24, 2.45) is 5.73 Å². The molecule has 1 aromatic carbocycles. The second-order valence-electron chi connectivity index (χ2n) is 5.67. The molecule has 2 N–H and O–H groups in total. The van der Waals surface area contributed by atoms with E-state index in [0.717, 1.165) is 6.42 Å². The van der Waals surface area contributed by atoms with Crippen molar-refractivity contribution < 1.29 is 0 Å². The SMILES string of the molecule is CCC(N)C(c1ccccc1C)N(C)C(C)CCSC. The summed E-state index contributed by atoms with van der Waals surface area (Å²) in [6.45, 7) is 6.67. The average Bonchev–Trinajstić information content (AvgIpc) is 2.46. The summed E-state index contributed by atoms with van der Waals surface area (Å²) < 4.78 is 0. The van der Waals surface area contributed by atoms with Gasteiger partial charge in [0, 0.05) is 12.1 Å². The highest BCUT2D eigenvalue weighted by molar-refractivity contribution is 7.98. The lowest BCUT2D eigenvalue weighted by atomic mass is 9.92. The molecule has 0 heterocycles. The first-order valence-corrected chi connectivity index (χ1v) is 8.94. The molecule has 3 unspecified atom stereocenters. The van der Waals surface area contributed by atoms with Gasteiger partial charge in [0.15, 0.2) is 0 Å². The van der Waals surface area contributed by atoms with Gasteiger partial charge in [0.1, 0.15) is 0 Å². The fourth-order valence-electron chi connectivity index (χ4n) is 2.66. The molecular weight excluding hydrogens is 264 g/mol. The van der Waals surface area contributed by atoms with Gasteiger partial charge in [-0.3, -0.25) is 4.90 Å². The van der Waals surface area contributed by atoms with Gasteiger partial charge in [0.05, 0.1) is 6.04 Å². The summed E-state index contributed by atoms with van der Waals surface area (Å²) >= 11 is 1.91. The number of likely N-dealkylation sites (N-methyl/N-ethyl adjacent to an activating group) is 1. The third-order valence-corrected chi connectivity index (χ3v) is 4.90. The van der Waals surface area contributed by atoms with Crippen LogP contribution in [-0.4, -0.2) is 36.0 Å². The van der Waals surface area contributed by atoms with Gasteiger partial charge in [-0.2, -0.15) is 11.8 Å². The third-order valence-electron chi connectivity index (χ3n) is 4.26. The Morgan fingerprint density at radius 2 is 1.95 bits per heavy atom. The topological polar surface area (TPSA) is 29.3 Å². The van der Waals surface area contributed by atoms with E-state index >= 15 is 0 Å². The van der Waals surface area contributed by atoms with Gasteiger partial charge < -0.3 is 5.73 Å². The molecule has 0 aromatic heterocycles. The molecule has 20 heavy (non-hydrogen) atoms. The lowest BCUT2D eigenvalue weighted by Gasteiger charge is -2.37. The summed E-state index contributed by atoms with van der Waals surface area (Å²) in [4.78, 5) is 2.46. The predicted molar refractivity (Wildman–Crippen MR) is 92.4 cm³/mol. The van der Waals surface area contributed by atoms with Crippen molar-refractivity contribution in [3.63, 3.8) is 0 Å². The molecule has 0 bridgehead atoms. The molecule has 0 radical (unpaired) electrons. The summed E-state index contributed by atoms with van der Waals surface area (Å²) in [5.74, 6) is 1.20. The number of hydrogen-bond acceptors (Lipinski definition) is 3. The Labute approximate surface area is 129 Å². The predicted octanol–water partition coefficient (Wildman–Crippen LogP) is 3.85. The van der Waals surface area contributed by atoms with Gasteiger partial charge in [-0.05, 0) is 56.9 Å². The Morgan fingerprint density at radius 3 is 2.50 bits per heavy atom. The molecule has 0 saturated carbocycles. The maximum absolute atomic E-state index is 6.44. The third kappa shape index (κ3) is 4.51. The van der Waals surface area contributed by atoms with Crippen LogP contribution in [-0.2, 0) is 0 Å². The van der Waals surface area contributed by atoms with E-state index in [2.05, 4.69) is 63.2 Å². The second-order valence-corrected chi connectivity index (χ2v) is 6.66. The molecule has 0 fully saturated rings. The molecule has 0 aliphatic carbocycles. The molecule has 0 amide bonds. The number of nitrogens with two attached hydrogens (primary N) is 1. The zero-order valence-corrected chi connectivity index (χ0v) is 14.4. The average molecular weight is 295 g/mol. The first kappa shape index (κ1) is 17.5. The zero-order chi connectivity index (χ0) is 15.1. The van der Waals surface area contributed by atoms with Crippen LogP contribution in [0, 0.1) is 6.92 Å². The molecule has 1 rings (SSSR count). The van der Waals surface area contributed by atoms with E-state index in [1.807, 2.05) is 11.8 Å². The van der Waals surface area contributed by atoms with E-state index in [4.69, 9.17) is 5.73 Å². The van der Waals surface area contributed by atoms with Crippen molar-refractivity contribution in [3.05, 3.63) is 35.4 Å². The van der Waals surface area contributed by atoms with Crippen LogP contribution in [0.15, 0.2) is 24.3 Å². The summed E-state index contributed by atoms with van der Waals surface area (Å²) in [7, 11) is 2.22. The van der Waals surface area contributed by atoms with Gasteiger partial charge in [0.25, 0.3) is 0 Å². The van der Waals surface area contributed by atoms with Crippen molar-refractivity contribution in [3.8, 4) is 0 Å². The maximum Gasteiger partial charge on any atom is 0.0501 e. The standard InChI is InChI=1S/C17H30N2S/c1-6-16(18)17(15-10-8-7-9-13(15)2)19(4)14(3)11-12-20-5/h7-10,14,16-17H,6,11-12,18H2,1-5H3. The Hall–Kier alpha value is -0.510. The summed E-state index contributed by atoms with van der Waals surface area (Å²) in [6.07, 6.45) is 4.37. The van der Waals surface area contributed by atoms with E-state index in [-0.39, 0.29) is 6.04 Å². The molecule has 2 nitrogen and oxygen atoms in total. The van der Waals surface area contributed by atoms with Crippen molar-refractivity contribution in [2.75, 3.05) is 19.1 Å². The van der Waals surface area contributed by atoms with Crippen molar-refractivity contribution >= 4 is 11.8 Å². The maximum atomic E-state index is 6.44. The zero-order valence-electron chi connectivity index (χ0n) is 13.6. The van der Waals surface area contributed by atoms with E-state index < -0.39 is 0 Å². The Kier molecular flexibility index (Phi) is 7.63. The molecule has 0 spiro atoms. The van der Waals surface area contributed by atoms with Crippen LogP contribution in [0.1, 0.15) is 43.9 Å². The molecule has 3 atom stereocenters. The number of hydrogen-bond donors (Lipinski definition) is 1. The van der Waals surface area contributed by atoms with Crippen molar-refractivity contribution in [1.82, 2.24) is 4.90 Å². The van der Waals surface area contributed by atoms with E-state index in [1.54, 1.807) is 0 Å². The first-order chi connectivity index (χ1) is 9.52. The van der Waals surface area contributed by atoms with Crippen molar-refractivity contribution in [2.45, 2.75) is 51.7 Å². The number of thioether (sulfide) groups is 1. The molecule has 1 aromatic rings. The van der Waals surface area contributed by atoms with Crippen LogP contribution in [0.4, 0.5) is 0 Å². The molecule has 0 aliphatic rings. The van der Waals surface area contributed by atoms with Crippen LogP contribution in [0.2, 0.25) is 0 Å². The monoisotopic (exact) mass is 294 g/mol. The van der Waals surface area contributed by atoms with Gasteiger partial charge in [-0.15, -0.1) is 0 Å². The van der Waals surface area contributed by atoms with E-state index in [0.29, 0.717) is 12.1 Å². The lowest BCUT2D eigenvalue weighted by molar-refractivity contribution is 0.155. The van der Waals surface area contributed by atoms with Gasteiger partial charge in [-0.1, -0.05) is 31.2 Å². The van der Waals surface area contributed by atoms with Gasteiger partial charge >= 0.3 is 0 Å². The highest BCUT2D eigenvalue weighted by atomic mass is 32.2. The van der Waals surface area contributed by atoms with Crippen LogP contribution in [0.5, 0.6) is 0 Å². The van der Waals surface area contributed by atoms with Crippen LogP contribution in [0.25, 0.3) is 0 Å². The molecular formula is C17H30N2S. The summed E-state index contributed by atoms with van der Waals surface area (Å²) in [6, 6.07) is 9.67. The fraction of sp³-hybridized carbons (Fsp3) is 0.647. The summed E-state index contributed by atoms with van der Waals surface area (Å²) in [5.41, 5.74) is 9.15. The molecule has 0 saturated heterocycles. The Balaban J connectivity index is 2.98. The summed E-state index contributed by atoms with van der Waals surface area (Å²) in [5, 5.41) is 0. The smallest absolute Gasteiger partial charge is 0.0501 e. The lowest BCUT2D eigenvalue weighted by Crippen LogP contribution is -2.43. The minimum absolute atomic E-state index is 0.179. The number of rotatable bonds is 8. The van der Waals surface area contributed by atoms with E-state index in [1.165, 1.54) is 23.3 Å². The van der Waals surface area contributed by atoms with Gasteiger partial charge in [-0.25, -0.2) is 0 Å². The minimum Gasteiger partial charge on any atom is -0.326 e. The molecule has 114 valence electrons. The van der Waals surface area contributed by atoms with Crippen LogP contribution in [0.3, 0.4) is 0 Å². The van der Waals surface area contributed by atoms with Crippen LogP contribution >= 0.6 is 11.8 Å². The van der Waals surface area contributed by atoms with E-state index in [9.17, 15) is 0 Å². The van der Waals surface area contributed by atoms with Crippen molar-refractivity contribution in [1.29, 1.82) is 0 Å². The largest absolute Gasteiger partial charge is 0.326 e. The Morgan fingerprint density at radius 1 is 1.30 bits per heavy atom. The number of aryl methyl sites for hydroxylation is 1. The fourth-order valence-corrected chi connectivity index (χ4v) is 3.24. The second kappa shape index (κ2) is 8.71. The highest BCUT2D eigenvalue weighted by Gasteiger charge is 2.27. The molecule has 0 aliphatic heterocycles. The van der Waals surface area contributed by atoms with Crippen LogP contribution < -0.4 is 5.73 Å². The van der Waals surface area contributed by atoms with Gasteiger partial charge in [0.2, 0.25) is 0 Å². The molecule has 3 heteroatoms. The number of benzene rings is 1.